The average Bonchev–Trinajstić information content (AvgIpc) is 3.00. The van der Waals surface area contributed by atoms with Crippen molar-refractivity contribution < 1.29 is 0 Å². The normalized spacial score (nSPS) is 10.6. The van der Waals surface area contributed by atoms with Crippen LogP contribution >= 0.6 is 22.7 Å². The zero-order chi connectivity index (χ0) is 11.7. The van der Waals surface area contributed by atoms with Gasteiger partial charge in [-0.1, -0.05) is 0 Å². The van der Waals surface area contributed by atoms with E-state index in [9.17, 15) is 0 Å². The number of aromatic nitrogens is 3. The molecule has 0 unspecified atom stereocenters. The zero-order valence-electron chi connectivity index (χ0n) is 8.70. The highest BCUT2D eigenvalue weighted by Gasteiger charge is 2.10. The van der Waals surface area contributed by atoms with Crippen LogP contribution in [0.15, 0.2) is 34.6 Å². The second kappa shape index (κ2) is 4.23. The number of nitrogen functional groups attached to an aromatic ring is 1. The summed E-state index contributed by atoms with van der Waals surface area (Å²) in [7, 11) is 0. The van der Waals surface area contributed by atoms with Crippen molar-refractivity contribution in [2.75, 3.05) is 5.73 Å². The smallest absolute Gasteiger partial charge is 0.133 e. The molecule has 0 aliphatic rings. The third-order valence-electron chi connectivity index (χ3n) is 2.27. The van der Waals surface area contributed by atoms with Crippen molar-refractivity contribution in [1.82, 2.24) is 15.0 Å². The maximum Gasteiger partial charge on any atom is 0.133 e. The molecule has 3 aromatic heterocycles. The largest absolute Gasteiger partial charge is 0.383 e. The highest BCUT2D eigenvalue weighted by Crippen LogP contribution is 2.30. The van der Waals surface area contributed by atoms with Crippen LogP contribution in [0.3, 0.4) is 0 Å². The van der Waals surface area contributed by atoms with E-state index in [-0.39, 0.29) is 0 Å². The Labute approximate surface area is 106 Å². The first kappa shape index (κ1) is 10.4. The summed E-state index contributed by atoms with van der Waals surface area (Å²) in [6.45, 7) is 0. The molecule has 2 N–H and O–H groups in total. The lowest BCUT2D eigenvalue weighted by Gasteiger charge is -1.98. The van der Waals surface area contributed by atoms with Gasteiger partial charge in [0.1, 0.15) is 22.2 Å². The van der Waals surface area contributed by atoms with Crippen LogP contribution in [0.5, 0.6) is 0 Å². The first-order valence-corrected chi connectivity index (χ1v) is 6.72. The number of nitrogens with zero attached hydrogens (tertiary/aromatic N) is 3. The number of hydrogen-bond donors (Lipinski definition) is 1. The number of rotatable bonds is 2. The molecule has 0 spiro atoms. The van der Waals surface area contributed by atoms with Crippen LogP contribution in [0.1, 0.15) is 0 Å². The van der Waals surface area contributed by atoms with Crippen LogP contribution in [0.25, 0.3) is 22.0 Å². The third-order valence-corrected chi connectivity index (χ3v) is 3.73. The van der Waals surface area contributed by atoms with Crippen LogP contribution in [0, 0.1) is 0 Å². The summed E-state index contributed by atoms with van der Waals surface area (Å²) in [5.74, 6) is 0.506. The summed E-state index contributed by atoms with van der Waals surface area (Å²) in [5.41, 5.74) is 10.3. The molecule has 0 bridgehead atoms. The van der Waals surface area contributed by atoms with E-state index in [1.54, 1.807) is 34.4 Å². The molecule has 0 aromatic carbocycles. The Kier molecular flexibility index (Phi) is 2.58. The predicted octanol–water partition coefficient (Wildman–Crippen LogP) is 2.91. The molecular weight excluding hydrogens is 252 g/mol. The third kappa shape index (κ3) is 1.92. The number of thiazole rings is 2. The molecule has 3 aromatic rings. The summed E-state index contributed by atoms with van der Waals surface area (Å²) < 4.78 is 0. The quantitative estimate of drug-likeness (QED) is 0.769. The topological polar surface area (TPSA) is 64.7 Å². The van der Waals surface area contributed by atoms with Gasteiger partial charge in [0.25, 0.3) is 0 Å². The molecule has 0 aliphatic carbocycles. The van der Waals surface area contributed by atoms with Crippen molar-refractivity contribution in [1.29, 1.82) is 0 Å². The second-order valence-corrected chi connectivity index (χ2v) is 4.92. The Morgan fingerprint density at radius 2 is 2.06 bits per heavy atom. The lowest BCUT2D eigenvalue weighted by atomic mass is 10.2. The summed E-state index contributed by atoms with van der Waals surface area (Å²) in [5, 5.41) is 4.83. The van der Waals surface area contributed by atoms with Gasteiger partial charge in [0.05, 0.1) is 11.1 Å². The lowest BCUT2D eigenvalue weighted by Crippen LogP contribution is -1.92. The highest BCUT2D eigenvalue weighted by molar-refractivity contribution is 7.13. The number of pyridine rings is 1. The van der Waals surface area contributed by atoms with Gasteiger partial charge in [0.2, 0.25) is 0 Å². The number of anilines is 1. The van der Waals surface area contributed by atoms with Gasteiger partial charge in [-0.25, -0.2) is 15.0 Å². The Morgan fingerprint density at radius 1 is 1.12 bits per heavy atom. The molecule has 0 saturated carbocycles. The van der Waals surface area contributed by atoms with Crippen LogP contribution in [0.4, 0.5) is 5.82 Å². The van der Waals surface area contributed by atoms with Gasteiger partial charge in [0.15, 0.2) is 0 Å². The van der Waals surface area contributed by atoms with Crippen molar-refractivity contribution in [3.8, 4) is 22.0 Å². The van der Waals surface area contributed by atoms with E-state index in [1.165, 1.54) is 0 Å². The van der Waals surface area contributed by atoms with Gasteiger partial charge >= 0.3 is 0 Å². The maximum atomic E-state index is 5.82. The Bertz CT molecular complexity index is 630. The Balaban J connectivity index is 2.04. The van der Waals surface area contributed by atoms with E-state index in [0.29, 0.717) is 5.82 Å². The summed E-state index contributed by atoms with van der Waals surface area (Å²) in [6.07, 6.45) is 1.67. The van der Waals surface area contributed by atoms with Gasteiger partial charge in [-0.15, -0.1) is 22.7 Å². The molecule has 0 amide bonds. The second-order valence-electron chi connectivity index (χ2n) is 3.35. The van der Waals surface area contributed by atoms with Crippen molar-refractivity contribution in [2.24, 2.45) is 0 Å². The zero-order valence-corrected chi connectivity index (χ0v) is 10.3. The molecule has 0 fully saturated rings. The van der Waals surface area contributed by atoms with Crippen LogP contribution in [0.2, 0.25) is 0 Å². The molecule has 4 nitrogen and oxygen atoms in total. The lowest BCUT2D eigenvalue weighted by molar-refractivity contribution is 1.30. The molecule has 0 aliphatic heterocycles. The van der Waals surface area contributed by atoms with E-state index >= 15 is 0 Å². The molecule has 17 heavy (non-hydrogen) atoms. The molecule has 84 valence electrons. The van der Waals surface area contributed by atoms with Crippen LogP contribution in [-0.2, 0) is 0 Å². The molecule has 3 rings (SSSR count). The van der Waals surface area contributed by atoms with Crippen molar-refractivity contribution >= 4 is 28.5 Å². The minimum atomic E-state index is 0.506. The first-order chi connectivity index (χ1) is 8.34. The van der Waals surface area contributed by atoms with Crippen molar-refractivity contribution in [2.45, 2.75) is 0 Å². The Morgan fingerprint density at radius 3 is 2.82 bits per heavy atom. The molecule has 6 heteroatoms. The number of nitrogens with two attached hydrogens (primary N) is 1. The van der Waals surface area contributed by atoms with Crippen molar-refractivity contribution in [3.05, 3.63) is 34.6 Å². The fourth-order valence-corrected chi connectivity index (χ4v) is 2.85. The van der Waals surface area contributed by atoms with Gasteiger partial charge in [-0.2, -0.15) is 0 Å². The van der Waals surface area contributed by atoms with Gasteiger partial charge in [-0.05, 0) is 12.1 Å². The van der Waals surface area contributed by atoms with E-state index in [1.807, 2.05) is 22.9 Å². The molecule has 0 radical (unpaired) electrons. The molecular formula is C11H8N4S2. The molecule has 3 heterocycles. The molecule has 0 saturated heterocycles. The fourth-order valence-electron chi connectivity index (χ4n) is 1.45. The SMILES string of the molecule is Nc1ncccc1-c1nc(-c2cscn2)cs1. The maximum absolute atomic E-state index is 5.82. The van der Waals surface area contributed by atoms with Gasteiger partial charge in [-0.3, -0.25) is 0 Å². The van der Waals surface area contributed by atoms with Crippen molar-refractivity contribution in [3.63, 3.8) is 0 Å². The number of hydrogen-bond acceptors (Lipinski definition) is 6. The summed E-state index contributed by atoms with van der Waals surface area (Å²) in [6, 6.07) is 3.78. The van der Waals surface area contributed by atoms with Crippen LogP contribution < -0.4 is 5.73 Å². The fraction of sp³-hybridized carbons (Fsp3) is 0. The van der Waals surface area contributed by atoms with Gasteiger partial charge in [0, 0.05) is 17.0 Å². The summed E-state index contributed by atoms with van der Waals surface area (Å²) in [4.78, 5) is 12.8. The minimum Gasteiger partial charge on any atom is -0.383 e. The molecule has 0 atom stereocenters. The average molecular weight is 260 g/mol. The summed E-state index contributed by atoms with van der Waals surface area (Å²) >= 11 is 3.11. The Hall–Kier alpha value is -1.79. The standard InChI is InChI=1S/C11H8N4S2/c12-10-7(2-1-3-13-10)11-15-9(5-17-11)8-4-16-6-14-8/h1-6H,(H2,12,13). The minimum absolute atomic E-state index is 0.506. The van der Waals surface area contributed by atoms with E-state index in [4.69, 9.17) is 5.73 Å². The first-order valence-electron chi connectivity index (χ1n) is 4.89. The highest BCUT2D eigenvalue weighted by atomic mass is 32.1. The predicted molar refractivity (Wildman–Crippen MR) is 70.9 cm³/mol. The monoisotopic (exact) mass is 260 g/mol. The van der Waals surface area contributed by atoms with Crippen LogP contribution in [-0.4, -0.2) is 15.0 Å². The van der Waals surface area contributed by atoms with E-state index in [2.05, 4.69) is 15.0 Å². The van der Waals surface area contributed by atoms with E-state index < -0.39 is 0 Å². The van der Waals surface area contributed by atoms with Gasteiger partial charge < -0.3 is 5.73 Å². The van der Waals surface area contributed by atoms with E-state index in [0.717, 1.165) is 22.0 Å².